The number of aryl methyl sites for hydroxylation is 2. The third-order valence-corrected chi connectivity index (χ3v) is 7.44. The number of nitrogens with one attached hydrogen (secondary N) is 3. The number of aromatic nitrogens is 1. The van der Waals surface area contributed by atoms with Gasteiger partial charge < -0.3 is 15.7 Å². The minimum Gasteiger partial charge on any atom is -0.358 e. The normalized spacial score (nSPS) is 22.1. The van der Waals surface area contributed by atoms with Gasteiger partial charge >= 0.3 is 0 Å². The Morgan fingerprint density at radius 2 is 2.00 bits per heavy atom. The number of Topliss-reactive ketones (excluding diaryl/α,β-unsaturated/α-hetero) is 1. The van der Waals surface area contributed by atoms with E-state index in [-0.39, 0.29) is 17.6 Å². The highest BCUT2D eigenvalue weighted by Crippen LogP contribution is 2.53. The van der Waals surface area contributed by atoms with Crippen molar-refractivity contribution in [3.8, 4) is 0 Å². The van der Waals surface area contributed by atoms with Gasteiger partial charge in [0, 0.05) is 40.8 Å². The highest BCUT2D eigenvalue weighted by Gasteiger charge is 2.47. The molecule has 2 unspecified atom stereocenters. The zero-order valence-electron chi connectivity index (χ0n) is 18.1. The van der Waals surface area contributed by atoms with E-state index in [1.54, 1.807) is 19.5 Å². The average Bonchev–Trinajstić information content (AvgIpc) is 3.24. The Kier molecular flexibility index (Phi) is 5.01. The van der Waals surface area contributed by atoms with Crippen LogP contribution in [0, 0.1) is 25.7 Å². The van der Waals surface area contributed by atoms with E-state index in [2.05, 4.69) is 46.8 Å². The van der Waals surface area contributed by atoms with Gasteiger partial charge in [-0.1, -0.05) is 11.6 Å². The molecule has 1 saturated carbocycles. The number of hydrazone groups is 1. The molecule has 3 N–H and O–H groups in total. The average molecular weight is 435 g/mol. The Bertz CT molecular complexity index is 1210. The van der Waals surface area contributed by atoms with Crippen LogP contribution in [0.4, 0.5) is 5.69 Å². The van der Waals surface area contributed by atoms with Crippen molar-refractivity contribution in [1.82, 2.24) is 10.4 Å². The number of nitrogens with zero attached hydrogens (tertiary/aromatic N) is 1. The number of halogens is 1. The lowest BCUT2D eigenvalue weighted by molar-refractivity contribution is 0.0870. The van der Waals surface area contributed by atoms with Gasteiger partial charge in [-0.2, -0.15) is 5.10 Å². The third-order valence-electron chi connectivity index (χ3n) is 7.12. The molecular weight excluding hydrogens is 408 g/mol. The number of fused-ring (bicyclic) bond motifs is 6. The second-order valence-electron chi connectivity index (χ2n) is 8.86. The lowest BCUT2D eigenvalue weighted by atomic mass is 9.73. The first-order chi connectivity index (χ1) is 15.0. The Morgan fingerprint density at radius 3 is 2.77 bits per heavy atom. The summed E-state index contributed by atoms with van der Waals surface area (Å²) in [6.07, 6.45) is 4.64. The van der Waals surface area contributed by atoms with Gasteiger partial charge in [-0.05, 0) is 92.0 Å². The van der Waals surface area contributed by atoms with Crippen molar-refractivity contribution >= 4 is 40.3 Å². The molecule has 0 amide bonds. The number of rotatable bonds is 5. The van der Waals surface area contributed by atoms with Crippen LogP contribution in [-0.2, 0) is 6.42 Å². The molecule has 2 aliphatic rings. The van der Waals surface area contributed by atoms with Gasteiger partial charge in [0.15, 0.2) is 5.78 Å². The van der Waals surface area contributed by atoms with Gasteiger partial charge in [-0.15, -0.1) is 0 Å². The van der Waals surface area contributed by atoms with E-state index in [9.17, 15) is 4.79 Å². The standard InChI is InChI=1S/C25H27ClN4O/c1-13-8-19-21(9-14(13)2)30-22-10-15-4-6-18(24(19)22)23(15)25(31)17-7-5-16(11-20(17)26)28-12-29-27-3/h5,7-9,11-12,15,18,23,27,30H,4,6,10H2,1-3H3,(H,28,29)/t15?,18-,23?/m1/s1. The van der Waals surface area contributed by atoms with Crippen molar-refractivity contribution in [1.29, 1.82) is 0 Å². The highest BCUT2D eigenvalue weighted by atomic mass is 35.5. The van der Waals surface area contributed by atoms with Crippen molar-refractivity contribution in [3.63, 3.8) is 0 Å². The van der Waals surface area contributed by atoms with Gasteiger partial charge in [-0.3, -0.25) is 4.79 Å². The molecular formula is C25H27ClN4O. The van der Waals surface area contributed by atoms with Gasteiger partial charge in [-0.25, -0.2) is 0 Å². The van der Waals surface area contributed by atoms with Gasteiger partial charge in [0.1, 0.15) is 6.34 Å². The van der Waals surface area contributed by atoms with E-state index in [0.717, 1.165) is 24.9 Å². The molecule has 0 aliphatic heterocycles. The Labute approximate surface area is 187 Å². The zero-order chi connectivity index (χ0) is 21.7. The summed E-state index contributed by atoms with van der Waals surface area (Å²) in [4.78, 5) is 17.4. The molecule has 1 aromatic heterocycles. The van der Waals surface area contributed by atoms with Gasteiger partial charge in [0.25, 0.3) is 0 Å². The number of hydrogen-bond acceptors (Lipinski definition) is 3. The van der Waals surface area contributed by atoms with E-state index in [0.29, 0.717) is 16.5 Å². The molecule has 31 heavy (non-hydrogen) atoms. The Hall–Kier alpha value is -2.79. The molecule has 1 heterocycles. The summed E-state index contributed by atoms with van der Waals surface area (Å²) >= 11 is 6.56. The smallest absolute Gasteiger partial charge is 0.168 e. The Morgan fingerprint density at radius 1 is 1.19 bits per heavy atom. The first-order valence-corrected chi connectivity index (χ1v) is 11.3. The van der Waals surface area contributed by atoms with Crippen LogP contribution >= 0.6 is 11.6 Å². The molecule has 2 bridgehead atoms. The maximum absolute atomic E-state index is 13.7. The minimum absolute atomic E-state index is 0.00438. The molecule has 2 aromatic carbocycles. The topological polar surface area (TPSA) is 69.3 Å². The van der Waals surface area contributed by atoms with Gasteiger partial charge in [0.2, 0.25) is 0 Å². The molecule has 1 fully saturated rings. The van der Waals surface area contributed by atoms with E-state index >= 15 is 0 Å². The van der Waals surface area contributed by atoms with Crippen molar-refractivity contribution in [2.75, 3.05) is 12.4 Å². The summed E-state index contributed by atoms with van der Waals surface area (Å²) in [5.74, 6) is 0.803. The van der Waals surface area contributed by atoms with E-state index in [1.165, 1.54) is 33.3 Å². The Balaban J connectivity index is 1.49. The van der Waals surface area contributed by atoms with Crippen LogP contribution in [-0.4, -0.2) is 24.2 Å². The van der Waals surface area contributed by atoms with E-state index in [4.69, 9.17) is 11.6 Å². The zero-order valence-corrected chi connectivity index (χ0v) is 18.8. The number of ketones is 1. The predicted octanol–water partition coefficient (Wildman–Crippen LogP) is 5.56. The monoisotopic (exact) mass is 434 g/mol. The van der Waals surface area contributed by atoms with Crippen molar-refractivity contribution in [2.45, 2.75) is 39.0 Å². The molecule has 6 heteroatoms. The SMILES string of the molecule is CN/N=C\Nc1ccc(C(=O)C2C3CC[C@H]2c2c([nH]c4cc(C)c(C)cc24)C3)c(Cl)c1. The van der Waals surface area contributed by atoms with E-state index in [1.807, 2.05) is 12.1 Å². The third kappa shape index (κ3) is 3.32. The van der Waals surface area contributed by atoms with Crippen molar-refractivity contribution in [3.05, 3.63) is 63.3 Å². The van der Waals surface area contributed by atoms with E-state index < -0.39 is 0 Å². The van der Waals surface area contributed by atoms with Crippen LogP contribution in [0.5, 0.6) is 0 Å². The summed E-state index contributed by atoms with van der Waals surface area (Å²) in [5, 5.41) is 8.73. The number of benzene rings is 2. The summed E-state index contributed by atoms with van der Waals surface area (Å²) in [7, 11) is 1.73. The summed E-state index contributed by atoms with van der Waals surface area (Å²) < 4.78 is 0. The quantitative estimate of drug-likeness (QED) is 0.213. The molecule has 0 saturated heterocycles. The van der Waals surface area contributed by atoms with Crippen LogP contribution in [0.2, 0.25) is 5.02 Å². The predicted molar refractivity (Wildman–Crippen MR) is 127 cm³/mol. The first-order valence-electron chi connectivity index (χ1n) is 10.9. The highest BCUT2D eigenvalue weighted by molar-refractivity contribution is 6.34. The second-order valence-corrected chi connectivity index (χ2v) is 9.27. The molecule has 3 atom stereocenters. The number of aromatic amines is 1. The van der Waals surface area contributed by atoms with Crippen LogP contribution in [0.25, 0.3) is 10.9 Å². The van der Waals surface area contributed by atoms with Crippen LogP contribution in [0.15, 0.2) is 35.4 Å². The molecule has 0 spiro atoms. The molecule has 2 aliphatic carbocycles. The number of carbonyl (C=O) groups excluding carboxylic acids is 1. The second kappa shape index (κ2) is 7.72. The van der Waals surface area contributed by atoms with Gasteiger partial charge in [0.05, 0.1) is 5.02 Å². The largest absolute Gasteiger partial charge is 0.358 e. The summed E-state index contributed by atoms with van der Waals surface area (Å²) in [6, 6.07) is 10.1. The minimum atomic E-state index is -0.00438. The number of anilines is 1. The van der Waals surface area contributed by atoms with Crippen LogP contribution in [0.1, 0.15) is 51.5 Å². The van der Waals surface area contributed by atoms with Crippen molar-refractivity contribution in [2.24, 2.45) is 16.9 Å². The fourth-order valence-electron chi connectivity index (χ4n) is 5.57. The number of hydrogen-bond donors (Lipinski definition) is 3. The van der Waals surface area contributed by atoms with Crippen molar-refractivity contribution < 1.29 is 4.79 Å². The molecule has 3 aromatic rings. The fourth-order valence-corrected chi connectivity index (χ4v) is 5.84. The molecule has 0 radical (unpaired) electrons. The van der Waals surface area contributed by atoms with Crippen LogP contribution < -0.4 is 10.7 Å². The molecule has 160 valence electrons. The lowest BCUT2D eigenvalue weighted by Gasteiger charge is -2.30. The maximum atomic E-state index is 13.7. The number of H-pyrrole nitrogens is 1. The lowest BCUT2D eigenvalue weighted by Crippen LogP contribution is -2.29. The summed E-state index contributed by atoms with van der Waals surface area (Å²) in [6.45, 7) is 4.31. The maximum Gasteiger partial charge on any atom is 0.168 e. The molecule has 5 rings (SSSR count). The molecule has 5 nitrogen and oxygen atoms in total. The fraction of sp³-hybridized carbons (Fsp3) is 0.360. The first kappa shape index (κ1) is 20.1. The number of carbonyl (C=O) groups is 1. The van der Waals surface area contributed by atoms with Crippen LogP contribution in [0.3, 0.4) is 0 Å². The summed E-state index contributed by atoms with van der Waals surface area (Å²) in [5.41, 5.74) is 10.6.